The Morgan fingerprint density at radius 2 is 1.81 bits per heavy atom. The zero-order valence-electron chi connectivity index (χ0n) is 14.6. The number of aromatic nitrogens is 2. The van der Waals surface area contributed by atoms with Gasteiger partial charge in [0.05, 0.1) is 23.4 Å². The summed E-state index contributed by atoms with van der Waals surface area (Å²) >= 11 is 6.07. The predicted octanol–water partition coefficient (Wildman–Crippen LogP) is 3.62. The molecule has 7 heteroatoms. The predicted molar refractivity (Wildman–Crippen MR) is 104 cm³/mol. The maximum Gasteiger partial charge on any atom is 0.257 e. The molecule has 2 amide bonds. The van der Waals surface area contributed by atoms with Gasteiger partial charge in [0.2, 0.25) is 0 Å². The van der Waals surface area contributed by atoms with E-state index in [0.29, 0.717) is 16.3 Å². The van der Waals surface area contributed by atoms with E-state index in [2.05, 4.69) is 20.6 Å². The number of carbonyl (C=O) groups excluding carboxylic acids is 2. The normalized spacial score (nSPS) is 10.3. The zero-order valence-corrected chi connectivity index (χ0v) is 15.3. The largest absolute Gasteiger partial charge is 0.346 e. The summed E-state index contributed by atoms with van der Waals surface area (Å²) in [5, 5.41) is 6.06. The number of pyridine rings is 2. The Kier molecular flexibility index (Phi) is 5.78. The van der Waals surface area contributed by atoms with Crippen molar-refractivity contribution in [2.45, 2.75) is 13.5 Å². The number of amides is 2. The Morgan fingerprint density at radius 3 is 2.52 bits per heavy atom. The molecule has 0 radical (unpaired) electrons. The maximum absolute atomic E-state index is 12.4. The summed E-state index contributed by atoms with van der Waals surface area (Å²) in [6, 6.07) is 12.2. The Labute approximate surface area is 161 Å². The second-order valence-corrected chi connectivity index (χ2v) is 6.29. The van der Waals surface area contributed by atoms with Crippen LogP contribution in [0.3, 0.4) is 0 Å². The monoisotopic (exact) mass is 380 g/mol. The van der Waals surface area contributed by atoms with Crippen LogP contribution in [-0.2, 0) is 6.54 Å². The quantitative estimate of drug-likeness (QED) is 0.708. The van der Waals surface area contributed by atoms with Crippen molar-refractivity contribution in [1.29, 1.82) is 0 Å². The number of halogens is 1. The van der Waals surface area contributed by atoms with Crippen molar-refractivity contribution in [2.24, 2.45) is 0 Å². The lowest BCUT2D eigenvalue weighted by molar-refractivity contribution is 0.0950. The summed E-state index contributed by atoms with van der Waals surface area (Å²) in [5.41, 5.74) is 2.80. The van der Waals surface area contributed by atoms with E-state index >= 15 is 0 Å². The van der Waals surface area contributed by atoms with Gasteiger partial charge in [-0.15, -0.1) is 0 Å². The van der Waals surface area contributed by atoms with Gasteiger partial charge in [-0.1, -0.05) is 23.7 Å². The van der Waals surface area contributed by atoms with Crippen molar-refractivity contribution >= 4 is 29.1 Å². The molecule has 0 aliphatic heterocycles. The Balaban J connectivity index is 1.67. The Hall–Kier alpha value is -3.25. The van der Waals surface area contributed by atoms with Gasteiger partial charge < -0.3 is 10.6 Å². The lowest BCUT2D eigenvalue weighted by atomic mass is 10.1. The average molecular weight is 381 g/mol. The summed E-state index contributed by atoms with van der Waals surface area (Å²) in [5.74, 6) is -0.706. The topological polar surface area (TPSA) is 84.0 Å². The van der Waals surface area contributed by atoms with Crippen molar-refractivity contribution in [3.8, 4) is 0 Å². The van der Waals surface area contributed by atoms with Crippen molar-refractivity contribution in [1.82, 2.24) is 15.3 Å². The van der Waals surface area contributed by atoms with E-state index in [1.807, 2.05) is 25.1 Å². The molecular formula is C20H17ClN4O2. The van der Waals surface area contributed by atoms with Gasteiger partial charge in [-0.25, -0.2) is 0 Å². The molecule has 2 heterocycles. The molecule has 0 aliphatic carbocycles. The van der Waals surface area contributed by atoms with Gasteiger partial charge in [0.15, 0.2) is 0 Å². The summed E-state index contributed by atoms with van der Waals surface area (Å²) in [6.45, 7) is 2.17. The molecule has 27 heavy (non-hydrogen) atoms. The number of rotatable bonds is 5. The number of aryl methyl sites for hydroxylation is 1. The third-order valence-corrected chi connectivity index (χ3v) is 4.26. The number of carbonyl (C=O) groups is 2. The van der Waals surface area contributed by atoms with Gasteiger partial charge in [0.25, 0.3) is 11.8 Å². The molecule has 0 saturated heterocycles. The maximum atomic E-state index is 12.4. The molecule has 2 aromatic heterocycles. The molecule has 0 fully saturated rings. The van der Waals surface area contributed by atoms with Crippen LogP contribution in [0, 0.1) is 6.92 Å². The number of hydrogen-bond acceptors (Lipinski definition) is 4. The molecule has 1 aromatic carbocycles. The minimum absolute atomic E-state index is 0.275. The Morgan fingerprint density at radius 1 is 1.04 bits per heavy atom. The van der Waals surface area contributed by atoms with E-state index in [-0.39, 0.29) is 23.9 Å². The highest BCUT2D eigenvalue weighted by Crippen LogP contribution is 2.20. The van der Waals surface area contributed by atoms with Crippen molar-refractivity contribution in [2.75, 3.05) is 5.32 Å². The first-order valence-corrected chi connectivity index (χ1v) is 8.61. The third kappa shape index (κ3) is 4.89. The molecule has 0 unspecified atom stereocenters. The van der Waals surface area contributed by atoms with Gasteiger partial charge in [-0.2, -0.15) is 0 Å². The van der Waals surface area contributed by atoms with Crippen LogP contribution in [0.15, 0.2) is 61.1 Å². The second kappa shape index (κ2) is 8.42. The lowest BCUT2D eigenvalue weighted by Gasteiger charge is -2.08. The van der Waals surface area contributed by atoms with Crippen molar-refractivity contribution < 1.29 is 9.59 Å². The van der Waals surface area contributed by atoms with Crippen LogP contribution in [0.5, 0.6) is 0 Å². The van der Waals surface area contributed by atoms with Gasteiger partial charge in [0.1, 0.15) is 0 Å². The van der Waals surface area contributed by atoms with Crippen LogP contribution >= 0.6 is 11.6 Å². The highest BCUT2D eigenvalue weighted by atomic mass is 35.5. The Bertz CT molecular complexity index is 977. The standard InChI is InChI=1S/C20H17ClN4O2/c1-13-5-6-16(9-18(13)21)25-20(27)15-8-14(10-22-11-15)19(26)24-12-17-4-2-3-7-23-17/h2-11H,12H2,1H3,(H,24,26)(H,25,27). The fourth-order valence-electron chi connectivity index (χ4n) is 2.34. The first kappa shape index (κ1) is 18.5. The van der Waals surface area contributed by atoms with E-state index in [4.69, 9.17) is 11.6 Å². The zero-order chi connectivity index (χ0) is 19.2. The SMILES string of the molecule is Cc1ccc(NC(=O)c2cncc(C(=O)NCc3ccccn3)c2)cc1Cl. The summed E-state index contributed by atoms with van der Waals surface area (Å²) in [4.78, 5) is 32.9. The summed E-state index contributed by atoms with van der Waals surface area (Å²) in [6.07, 6.45) is 4.47. The molecule has 136 valence electrons. The third-order valence-electron chi connectivity index (χ3n) is 3.85. The van der Waals surface area contributed by atoms with E-state index in [9.17, 15) is 9.59 Å². The minimum Gasteiger partial charge on any atom is -0.346 e. The minimum atomic E-state index is -0.373. The van der Waals surface area contributed by atoms with E-state index in [0.717, 1.165) is 11.3 Å². The smallest absolute Gasteiger partial charge is 0.257 e. The highest BCUT2D eigenvalue weighted by Gasteiger charge is 2.12. The first-order chi connectivity index (χ1) is 13.0. The fraction of sp³-hybridized carbons (Fsp3) is 0.100. The molecule has 0 aliphatic rings. The molecular weight excluding hydrogens is 364 g/mol. The molecule has 0 atom stereocenters. The number of nitrogens with one attached hydrogen (secondary N) is 2. The lowest BCUT2D eigenvalue weighted by Crippen LogP contribution is -2.24. The number of nitrogens with zero attached hydrogens (tertiary/aromatic N) is 2. The van der Waals surface area contributed by atoms with Crippen LogP contribution in [-0.4, -0.2) is 21.8 Å². The number of hydrogen-bond donors (Lipinski definition) is 2. The van der Waals surface area contributed by atoms with Gasteiger partial charge >= 0.3 is 0 Å². The molecule has 3 rings (SSSR count). The van der Waals surface area contributed by atoms with Crippen LogP contribution < -0.4 is 10.6 Å². The van der Waals surface area contributed by atoms with Crippen molar-refractivity contribution in [3.05, 3.63) is 88.5 Å². The van der Waals surface area contributed by atoms with E-state index in [1.165, 1.54) is 18.5 Å². The fourth-order valence-corrected chi connectivity index (χ4v) is 2.52. The van der Waals surface area contributed by atoms with Gasteiger partial charge in [-0.05, 0) is 42.8 Å². The van der Waals surface area contributed by atoms with Crippen LogP contribution in [0.1, 0.15) is 32.0 Å². The van der Waals surface area contributed by atoms with Crippen LogP contribution in [0.4, 0.5) is 5.69 Å². The molecule has 0 spiro atoms. The average Bonchev–Trinajstić information content (AvgIpc) is 2.70. The van der Waals surface area contributed by atoms with Crippen molar-refractivity contribution in [3.63, 3.8) is 0 Å². The second-order valence-electron chi connectivity index (χ2n) is 5.88. The van der Waals surface area contributed by atoms with Crippen LogP contribution in [0.2, 0.25) is 5.02 Å². The van der Waals surface area contributed by atoms with E-state index < -0.39 is 0 Å². The summed E-state index contributed by atoms with van der Waals surface area (Å²) in [7, 11) is 0. The van der Waals surface area contributed by atoms with Crippen LogP contribution in [0.25, 0.3) is 0 Å². The highest BCUT2D eigenvalue weighted by molar-refractivity contribution is 6.31. The molecule has 0 bridgehead atoms. The summed E-state index contributed by atoms with van der Waals surface area (Å²) < 4.78 is 0. The first-order valence-electron chi connectivity index (χ1n) is 8.23. The molecule has 6 nitrogen and oxygen atoms in total. The molecule has 2 N–H and O–H groups in total. The molecule has 3 aromatic rings. The van der Waals surface area contributed by atoms with E-state index in [1.54, 1.807) is 24.4 Å². The number of benzene rings is 1. The molecule has 0 saturated carbocycles. The number of anilines is 1. The van der Waals surface area contributed by atoms with Gasteiger partial charge in [0, 0.05) is 29.3 Å². The van der Waals surface area contributed by atoms with Gasteiger partial charge in [-0.3, -0.25) is 19.6 Å².